The highest BCUT2D eigenvalue weighted by molar-refractivity contribution is 4.73. The molecule has 2 heterocycles. The highest BCUT2D eigenvalue weighted by atomic mass is 15.5. The molecule has 0 aliphatic carbocycles. The van der Waals surface area contributed by atoms with Crippen molar-refractivity contribution >= 4 is 0 Å². The molecule has 0 radical (unpaired) electrons. The van der Waals surface area contributed by atoms with Gasteiger partial charge in [-0.1, -0.05) is 0 Å². The Labute approximate surface area is 99.5 Å². The van der Waals surface area contributed by atoms with Crippen LogP contribution in [0.2, 0.25) is 0 Å². The fourth-order valence-corrected chi connectivity index (χ4v) is 2.66. The molecule has 2 aliphatic heterocycles. The second kappa shape index (κ2) is 5.96. The number of nitrogens with zero attached hydrogens (tertiary/aromatic N) is 3. The number of piperidine rings is 1. The van der Waals surface area contributed by atoms with Gasteiger partial charge in [-0.15, -0.1) is 0 Å². The van der Waals surface area contributed by atoms with E-state index in [4.69, 9.17) is 0 Å². The summed E-state index contributed by atoms with van der Waals surface area (Å²) in [6.07, 6.45) is 2.76. The zero-order chi connectivity index (χ0) is 11.4. The maximum Gasteiger partial charge on any atom is 0.0259 e. The van der Waals surface area contributed by atoms with Crippen LogP contribution >= 0.6 is 0 Å². The van der Waals surface area contributed by atoms with Gasteiger partial charge in [-0.3, -0.25) is 5.43 Å². The predicted octanol–water partition coefficient (Wildman–Crippen LogP) is 0.0802. The lowest BCUT2D eigenvalue weighted by atomic mass is 9.99. The van der Waals surface area contributed by atoms with Crippen LogP contribution in [0.25, 0.3) is 0 Å². The van der Waals surface area contributed by atoms with Crippen molar-refractivity contribution in [2.24, 2.45) is 5.92 Å². The smallest absolute Gasteiger partial charge is 0.0259 e. The van der Waals surface area contributed by atoms with Crippen molar-refractivity contribution in [3.8, 4) is 0 Å². The summed E-state index contributed by atoms with van der Waals surface area (Å²) in [5.74, 6) is 0.846. The van der Waals surface area contributed by atoms with Gasteiger partial charge < -0.3 is 9.80 Å². The van der Waals surface area contributed by atoms with Crippen LogP contribution in [0, 0.1) is 5.92 Å². The highest BCUT2D eigenvalue weighted by Crippen LogP contribution is 2.14. The molecule has 1 atom stereocenters. The number of rotatable bonds is 3. The third-order valence-corrected chi connectivity index (χ3v) is 3.83. The minimum Gasteiger partial charge on any atom is -0.306 e. The fraction of sp³-hybridized carbons (Fsp3) is 1.00. The quantitative estimate of drug-likeness (QED) is 0.736. The second-order valence-electron chi connectivity index (χ2n) is 5.42. The first-order valence-corrected chi connectivity index (χ1v) is 6.59. The van der Waals surface area contributed by atoms with E-state index < -0.39 is 0 Å². The Balaban J connectivity index is 1.63. The van der Waals surface area contributed by atoms with Crippen molar-refractivity contribution in [3.63, 3.8) is 0 Å². The summed E-state index contributed by atoms with van der Waals surface area (Å²) >= 11 is 0. The Morgan fingerprint density at radius 2 is 1.75 bits per heavy atom. The first-order valence-electron chi connectivity index (χ1n) is 6.59. The van der Waals surface area contributed by atoms with Crippen LogP contribution < -0.4 is 5.43 Å². The maximum absolute atomic E-state index is 3.61. The van der Waals surface area contributed by atoms with Crippen LogP contribution in [0.15, 0.2) is 0 Å². The molecule has 0 aromatic carbocycles. The van der Waals surface area contributed by atoms with Gasteiger partial charge in [0.05, 0.1) is 0 Å². The molecule has 0 aromatic rings. The molecule has 2 aliphatic rings. The largest absolute Gasteiger partial charge is 0.306 e. The van der Waals surface area contributed by atoms with Crippen LogP contribution in [0.4, 0.5) is 0 Å². The van der Waals surface area contributed by atoms with E-state index in [9.17, 15) is 0 Å². The van der Waals surface area contributed by atoms with E-state index in [0.29, 0.717) is 0 Å². The zero-order valence-electron chi connectivity index (χ0n) is 10.8. The topological polar surface area (TPSA) is 21.8 Å². The van der Waals surface area contributed by atoms with E-state index in [-0.39, 0.29) is 0 Å². The van der Waals surface area contributed by atoms with Gasteiger partial charge in [0.15, 0.2) is 0 Å². The monoisotopic (exact) mass is 226 g/mol. The summed E-state index contributed by atoms with van der Waals surface area (Å²) in [5, 5.41) is 2.40. The molecule has 2 fully saturated rings. The lowest BCUT2D eigenvalue weighted by Crippen LogP contribution is -2.52. The normalized spacial score (nSPS) is 30.8. The van der Waals surface area contributed by atoms with Crippen molar-refractivity contribution in [2.75, 3.05) is 59.9 Å². The van der Waals surface area contributed by atoms with Crippen molar-refractivity contribution in [3.05, 3.63) is 0 Å². The van der Waals surface area contributed by atoms with Gasteiger partial charge in [0.2, 0.25) is 0 Å². The summed E-state index contributed by atoms with van der Waals surface area (Å²) in [7, 11) is 4.44. The van der Waals surface area contributed by atoms with Gasteiger partial charge in [0.1, 0.15) is 0 Å². The molecule has 0 spiro atoms. The first-order chi connectivity index (χ1) is 7.74. The number of likely N-dealkylation sites (tertiary alicyclic amines) is 1. The average Bonchev–Trinajstić information content (AvgIpc) is 2.28. The molecule has 2 saturated heterocycles. The molecule has 0 bridgehead atoms. The predicted molar refractivity (Wildman–Crippen MR) is 67.3 cm³/mol. The Morgan fingerprint density at radius 3 is 2.44 bits per heavy atom. The molecule has 1 unspecified atom stereocenters. The first kappa shape index (κ1) is 12.3. The molecule has 4 nitrogen and oxygen atoms in total. The third-order valence-electron chi connectivity index (χ3n) is 3.83. The minimum atomic E-state index is 0.846. The van der Waals surface area contributed by atoms with Gasteiger partial charge in [0, 0.05) is 39.3 Å². The fourth-order valence-electron chi connectivity index (χ4n) is 2.66. The molecule has 94 valence electrons. The SMILES string of the molecule is CN1CCN(NCC2CCCN(C)C2)CC1. The lowest BCUT2D eigenvalue weighted by molar-refractivity contribution is 0.0880. The number of piperazine rings is 1. The van der Waals surface area contributed by atoms with Gasteiger partial charge in [-0.25, -0.2) is 5.01 Å². The number of nitrogens with one attached hydrogen (secondary N) is 1. The van der Waals surface area contributed by atoms with Crippen LogP contribution in [-0.4, -0.2) is 74.7 Å². The molecule has 2 rings (SSSR count). The molecule has 0 amide bonds. The molecule has 0 saturated carbocycles. The van der Waals surface area contributed by atoms with Crippen LogP contribution in [0.3, 0.4) is 0 Å². The van der Waals surface area contributed by atoms with Crippen molar-refractivity contribution in [2.45, 2.75) is 12.8 Å². The standard InChI is InChI=1S/C12H26N4/c1-14-6-8-16(9-7-14)13-10-12-4-3-5-15(2)11-12/h12-13H,3-11H2,1-2H3. The Morgan fingerprint density at radius 1 is 1.00 bits per heavy atom. The molecule has 4 heteroatoms. The Hall–Kier alpha value is -0.160. The van der Waals surface area contributed by atoms with Crippen molar-refractivity contribution in [1.82, 2.24) is 20.2 Å². The summed E-state index contributed by atoms with van der Waals surface area (Å²) in [4.78, 5) is 4.85. The zero-order valence-corrected chi connectivity index (χ0v) is 10.8. The molecule has 0 aromatic heterocycles. The van der Waals surface area contributed by atoms with Gasteiger partial charge in [0.25, 0.3) is 0 Å². The lowest BCUT2D eigenvalue weighted by Gasteiger charge is -2.35. The summed E-state index contributed by atoms with van der Waals surface area (Å²) in [6, 6.07) is 0. The van der Waals surface area contributed by atoms with E-state index in [1.165, 1.54) is 52.1 Å². The van der Waals surface area contributed by atoms with E-state index in [2.05, 4.69) is 34.3 Å². The second-order valence-corrected chi connectivity index (χ2v) is 5.42. The summed E-state index contributed by atoms with van der Waals surface area (Å²) < 4.78 is 0. The van der Waals surface area contributed by atoms with E-state index in [1.807, 2.05) is 0 Å². The number of likely N-dealkylation sites (N-methyl/N-ethyl adjacent to an activating group) is 1. The molecule has 1 N–H and O–H groups in total. The summed E-state index contributed by atoms with van der Waals surface area (Å²) in [5.41, 5.74) is 3.61. The Kier molecular flexibility index (Phi) is 4.58. The third kappa shape index (κ3) is 3.70. The summed E-state index contributed by atoms with van der Waals surface area (Å²) in [6.45, 7) is 8.42. The van der Waals surface area contributed by atoms with Gasteiger partial charge in [-0.2, -0.15) is 0 Å². The minimum absolute atomic E-state index is 0.846. The van der Waals surface area contributed by atoms with E-state index in [0.717, 1.165) is 12.5 Å². The number of hydrogen-bond acceptors (Lipinski definition) is 4. The molecular formula is C12H26N4. The molecule has 16 heavy (non-hydrogen) atoms. The Bertz CT molecular complexity index is 201. The maximum atomic E-state index is 3.61. The van der Waals surface area contributed by atoms with Crippen molar-refractivity contribution < 1.29 is 0 Å². The van der Waals surface area contributed by atoms with Gasteiger partial charge >= 0.3 is 0 Å². The van der Waals surface area contributed by atoms with Crippen molar-refractivity contribution in [1.29, 1.82) is 0 Å². The van der Waals surface area contributed by atoms with E-state index >= 15 is 0 Å². The molecular weight excluding hydrogens is 200 g/mol. The highest BCUT2D eigenvalue weighted by Gasteiger charge is 2.19. The van der Waals surface area contributed by atoms with Gasteiger partial charge in [-0.05, 0) is 39.4 Å². The average molecular weight is 226 g/mol. The van der Waals surface area contributed by atoms with Crippen LogP contribution in [0.5, 0.6) is 0 Å². The van der Waals surface area contributed by atoms with E-state index in [1.54, 1.807) is 0 Å². The van der Waals surface area contributed by atoms with Crippen LogP contribution in [0.1, 0.15) is 12.8 Å². The number of hydrogen-bond donors (Lipinski definition) is 1. The van der Waals surface area contributed by atoms with Crippen LogP contribution in [-0.2, 0) is 0 Å². The number of hydrazine groups is 1.